The molecule has 2 saturated heterocycles. The van der Waals surface area contributed by atoms with E-state index in [2.05, 4.69) is 85.2 Å². The number of halogens is 1. The van der Waals surface area contributed by atoms with E-state index in [1.54, 1.807) is 0 Å². The molecule has 4 heterocycles. The highest BCUT2D eigenvalue weighted by Gasteiger charge is 2.42. The lowest BCUT2D eigenvalue weighted by molar-refractivity contribution is 0.0961. The molecular weight excluding hydrogens is 472 g/mol. The first-order valence-corrected chi connectivity index (χ1v) is 11.9. The van der Waals surface area contributed by atoms with Gasteiger partial charge in [-0.25, -0.2) is 0 Å². The first kappa shape index (κ1) is 20.7. The van der Waals surface area contributed by atoms with Crippen LogP contribution in [0.1, 0.15) is 41.9 Å². The number of aryl methyl sites for hydroxylation is 1. The number of nitrogens with zero attached hydrogens (tertiary/aromatic N) is 3. The van der Waals surface area contributed by atoms with E-state index in [1.807, 2.05) is 18.3 Å². The van der Waals surface area contributed by atoms with Crippen molar-refractivity contribution < 1.29 is 4.74 Å². The highest BCUT2D eigenvalue weighted by atomic mass is 79.9. The van der Waals surface area contributed by atoms with Gasteiger partial charge in [0.1, 0.15) is 6.04 Å². The van der Waals surface area contributed by atoms with E-state index in [0.29, 0.717) is 5.11 Å². The van der Waals surface area contributed by atoms with Crippen LogP contribution in [0.25, 0.3) is 0 Å². The number of hydrogen-bond acceptors (Lipinski definition) is 3. The van der Waals surface area contributed by atoms with E-state index in [0.717, 1.165) is 41.8 Å². The zero-order valence-electron chi connectivity index (χ0n) is 17.4. The number of nitrogens with one attached hydrogen (secondary N) is 1. The summed E-state index contributed by atoms with van der Waals surface area (Å²) in [6, 6.07) is 16.7. The molecule has 3 aromatic rings. The van der Waals surface area contributed by atoms with Crippen molar-refractivity contribution >= 4 is 38.9 Å². The molecule has 0 saturated carbocycles. The van der Waals surface area contributed by atoms with Crippen molar-refractivity contribution in [2.24, 2.45) is 0 Å². The minimum atomic E-state index is -0.0456. The monoisotopic (exact) mass is 496 g/mol. The first-order valence-electron chi connectivity index (χ1n) is 10.7. The van der Waals surface area contributed by atoms with Gasteiger partial charge in [-0.3, -0.25) is 4.98 Å². The lowest BCUT2D eigenvalue weighted by Gasteiger charge is -2.29. The molecule has 2 aromatic heterocycles. The smallest absolute Gasteiger partial charge is 0.174 e. The summed E-state index contributed by atoms with van der Waals surface area (Å²) in [5.41, 5.74) is 4.44. The Hall–Kier alpha value is -2.22. The van der Waals surface area contributed by atoms with Gasteiger partial charge >= 0.3 is 0 Å². The van der Waals surface area contributed by atoms with Gasteiger partial charge in [0.2, 0.25) is 0 Å². The summed E-state index contributed by atoms with van der Waals surface area (Å²) < 4.78 is 9.34. The van der Waals surface area contributed by atoms with Crippen LogP contribution in [0, 0.1) is 6.92 Å². The van der Waals surface area contributed by atoms with Gasteiger partial charge in [0.05, 0.1) is 17.8 Å². The topological polar surface area (TPSA) is 42.3 Å². The molecule has 2 aliphatic heterocycles. The second kappa shape index (κ2) is 8.73. The van der Waals surface area contributed by atoms with E-state index in [9.17, 15) is 0 Å². The van der Waals surface area contributed by atoms with Crippen molar-refractivity contribution in [3.63, 3.8) is 0 Å². The molecule has 0 aliphatic carbocycles. The maximum atomic E-state index is 5.92. The fraction of sp³-hybridized carbons (Fsp3) is 0.333. The Morgan fingerprint density at radius 1 is 1.23 bits per heavy atom. The van der Waals surface area contributed by atoms with Gasteiger partial charge in [0.15, 0.2) is 5.11 Å². The van der Waals surface area contributed by atoms with Gasteiger partial charge in [0.25, 0.3) is 0 Å². The number of pyridine rings is 1. The SMILES string of the molecule is Cc1cc(N2C(=S)N[C@H](c3ccccn3)[C@@H]2c2cccn2C[C@H]2CCCO2)ccc1Br. The highest BCUT2D eigenvalue weighted by molar-refractivity contribution is 9.10. The minimum absolute atomic E-state index is 0.0145. The lowest BCUT2D eigenvalue weighted by Crippen LogP contribution is -2.31. The van der Waals surface area contributed by atoms with Crippen molar-refractivity contribution in [3.05, 3.63) is 82.3 Å². The molecular formula is C24H25BrN4OS. The van der Waals surface area contributed by atoms with E-state index in [1.165, 1.54) is 11.3 Å². The molecule has 3 atom stereocenters. The Morgan fingerprint density at radius 2 is 2.13 bits per heavy atom. The van der Waals surface area contributed by atoms with Crippen molar-refractivity contribution in [1.29, 1.82) is 0 Å². The zero-order valence-corrected chi connectivity index (χ0v) is 19.8. The summed E-state index contributed by atoms with van der Waals surface area (Å²) in [6.07, 6.45) is 6.51. The normalized spacial score (nSPS) is 23.4. The van der Waals surface area contributed by atoms with E-state index >= 15 is 0 Å². The minimum Gasteiger partial charge on any atom is -0.376 e. The summed E-state index contributed by atoms with van der Waals surface area (Å²) in [4.78, 5) is 6.89. The molecule has 160 valence electrons. The largest absolute Gasteiger partial charge is 0.376 e. The molecule has 0 unspecified atom stereocenters. The number of benzene rings is 1. The van der Waals surface area contributed by atoms with Gasteiger partial charge < -0.3 is 19.5 Å². The Morgan fingerprint density at radius 3 is 2.87 bits per heavy atom. The quantitative estimate of drug-likeness (QED) is 0.484. The van der Waals surface area contributed by atoms with Crippen LogP contribution in [0.5, 0.6) is 0 Å². The third kappa shape index (κ3) is 4.02. The predicted molar refractivity (Wildman–Crippen MR) is 130 cm³/mol. The molecule has 7 heteroatoms. The molecule has 31 heavy (non-hydrogen) atoms. The standard InChI is InChI=1S/C24H25BrN4OS/c1-16-14-17(9-10-19(16)25)29-23(22(27-24(29)31)20-7-2-3-11-26-20)21-8-4-12-28(21)15-18-6-5-13-30-18/h2-4,7-12,14,18,22-23H,5-6,13,15H2,1H3,(H,27,31)/t18-,22-,23+/m1/s1. The molecule has 1 N–H and O–H groups in total. The third-order valence-electron chi connectivity index (χ3n) is 6.11. The molecule has 2 aliphatic rings. The van der Waals surface area contributed by atoms with Crippen LogP contribution in [0.3, 0.4) is 0 Å². The van der Waals surface area contributed by atoms with Crippen LogP contribution in [-0.2, 0) is 11.3 Å². The van der Waals surface area contributed by atoms with Gasteiger partial charge in [-0.15, -0.1) is 0 Å². The van der Waals surface area contributed by atoms with Crippen LogP contribution in [0.2, 0.25) is 0 Å². The summed E-state index contributed by atoms with van der Waals surface area (Å²) in [7, 11) is 0. The van der Waals surface area contributed by atoms with Gasteiger partial charge in [-0.1, -0.05) is 22.0 Å². The number of ether oxygens (including phenoxy) is 1. The molecule has 1 aromatic carbocycles. The van der Waals surface area contributed by atoms with Crippen LogP contribution >= 0.6 is 28.1 Å². The summed E-state index contributed by atoms with van der Waals surface area (Å²) in [5, 5.41) is 4.27. The number of hydrogen-bond donors (Lipinski definition) is 1. The number of aromatic nitrogens is 2. The van der Waals surface area contributed by atoms with E-state index in [4.69, 9.17) is 17.0 Å². The van der Waals surface area contributed by atoms with Gasteiger partial charge in [0, 0.05) is 41.4 Å². The first-order chi connectivity index (χ1) is 15.1. The summed E-state index contributed by atoms with van der Waals surface area (Å²) in [6.45, 7) is 3.82. The molecule has 0 radical (unpaired) electrons. The van der Waals surface area contributed by atoms with Crippen molar-refractivity contribution in [1.82, 2.24) is 14.9 Å². The van der Waals surface area contributed by atoms with Crippen LogP contribution in [0.4, 0.5) is 5.69 Å². The Labute approximate surface area is 196 Å². The summed E-state index contributed by atoms with van der Waals surface area (Å²) >= 11 is 9.48. The summed E-state index contributed by atoms with van der Waals surface area (Å²) in [5.74, 6) is 0. The Balaban J connectivity index is 1.58. The average Bonchev–Trinajstić information content (AvgIpc) is 3.52. The fourth-order valence-electron chi connectivity index (χ4n) is 4.58. The van der Waals surface area contributed by atoms with Crippen LogP contribution < -0.4 is 10.2 Å². The molecule has 0 spiro atoms. The van der Waals surface area contributed by atoms with Gasteiger partial charge in [-0.2, -0.15) is 0 Å². The Kier molecular flexibility index (Phi) is 5.82. The predicted octanol–water partition coefficient (Wildman–Crippen LogP) is 5.31. The average molecular weight is 497 g/mol. The second-order valence-corrected chi connectivity index (χ2v) is 9.39. The van der Waals surface area contributed by atoms with Crippen molar-refractivity contribution in [2.45, 2.75) is 44.5 Å². The van der Waals surface area contributed by atoms with Crippen molar-refractivity contribution in [2.75, 3.05) is 11.5 Å². The zero-order chi connectivity index (χ0) is 21.4. The maximum Gasteiger partial charge on any atom is 0.174 e. The van der Waals surface area contributed by atoms with Crippen LogP contribution in [-0.4, -0.2) is 27.4 Å². The molecule has 2 fully saturated rings. The third-order valence-corrected chi connectivity index (χ3v) is 7.31. The molecule has 5 rings (SSSR count). The fourth-order valence-corrected chi connectivity index (χ4v) is 5.17. The number of rotatable bonds is 5. The van der Waals surface area contributed by atoms with Crippen molar-refractivity contribution in [3.8, 4) is 0 Å². The number of anilines is 1. The molecule has 5 nitrogen and oxygen atoms in total. The van der Waals surface area contributed by atoms with Crippen LogP contribution in [0.15, 0.2) is 65.4 Å². The number of thiocarbonyl (C=S) groups is 1. The van der Waals surface area contributed by atoms with E-state index in [-0.39, 0.29) is 18.2 Å². The lowest BCUT2D eigenvalue weighted by atomic mass is 10.0. The highest BCUT2D eigenvalue weighted by Crippen LogP contribution is 2.42. The maximum absolute atomic E-state index is 5.92. The molecule has 0 amide bonds. The second-order valence-electron chi connectivity index (χ2n) is 8.15. The Bertz CT molecular complexity index is 1080. The van der Waals surface area contributed by atoms with E-state index < -0.39 is 0 Å². The molecule has 0 bridgehead atoms. The van der Waals surface area contributed by atoms with Gasteiger partial charge in [-0.05, 0) is 80.0 Å².